The Balaban J connectivity index is 1.51. The third kappa shape index (κ3) is 5.17. The zero-order chi connectivity index (χ0) is 19.3. The molecule has 0 saturated heterocycles. The van der Waals surface area contributed by atoms with Gasteiger partial charge in [0.1, 0.15) is 0 Å². The van der Waals surface area contributed by atoms with Crippen molar-refractivity contribution in [1.82, 2.24) is 10.1 Å². The fraction of sp³-hybridized carbons (Fsp3) is 0.235. The summed E-state index contributed by atoms with van der Waals surface area (Å²) in [6, 6.07) is 9.83. The number of furan rings is 1. The van der Waals surface area contributed by atoms with E-state index in [1.165, 1.54) is 6.26 Å². The Labute approximate surface area is 155 Å². The summed E-state index contributed by atoms with van der Waals surface area (Å²) in [5.74, 6) is 0.923. The van der Waals surface area contributed by atoms with Crippen LogP contribution in [0.5, 0.6) is 0 Å². The van der Waals surface area contributed by atoms with Crippen molar-refractivity contribution in [2.45, 2.75) is 19.8 Å². The number of carbonyl (C=O) groups is 1. The molecule has 142 valence electrons. The maximum absolute atomic E-state index is 12.1. The van der Waals surface area contributed by atoms with Crippen LogP contribution in [0.25, 0.3) is 11.6 Å². The summed E-state index contributed by atoms with van der Waals surface area (Å²) in [5, 5.41) is 6.52. The molecule has 0 aliphatic heterocycles. The Hall–Kier alpha value is -3.14. The summed E-state index contributed by atoms with van der Waals surface area (Å²) in [4.78, 5) is 16.2. The molecule has 0 aliphatic carbocycles. The molecule has 0 spiro atoms. The molecule has 0 saturated carbocycles. The van der Waals surface area contributed by atoms with E-state index in [-0.39, 0.29) is 24.5 Å². The van der Waals surface area contributed by atoms with Crippen LogP contribution in [0.1, 0.15) is 19.2 Å². The Morgan fingerprint density at radius 1 is 1.15 bits per heavy atom. The van der Waals surface area contributed by atoms with Crippen LogP contribution in [0.15, 0.2) is 51.6 Å². The van der Waals surface area contributed by atoms with Crippen LogP contribution < -0.4 is 10.0 Å². The number of sulfonamides is 1. The first-order valence-corrected chi connectivity index (χ1v) is 9.87. The first-order valence-electron chi connectivity index (χ1n) is 8.22. The molecule has 9 nitrogen and oxygen atoms in total. The largest absolute Gasteiger partial charge is 0.461 e. The van der Waals surface area contributed by atoms with E-state index in [4.69, 9.17) is 8.94 Å². The fourth-order valence-corrected chi connectivity index (χ4v) is 2.82. The van der Waals surface area contributed by atoms with E-state index in [2.05, 4.69) is 20.2 Å². The van der Waals surface area contributed by atoms with Gasteiger partial charge in [0.05, 0.1) is 12.0 Å². The second-order valence-corrected chi connectivity index (χ2v) is 7.63. The van der Waals surface area contributed by atoms with Gasteiger partial charge in [-0.15, -0.1) is 0 Å². The van der Waals surface area contributed by atoms with E-state index in [1.807, 2.05) is 0 Å². The van der Waals surface area contributed by atoms with Gasteiger partial charge in [0, 0.05) is 24.2 Å². The highest BCUT2D eigenvalue weighted by Gasteiger charge is 2.12. The van der Waals surface area contributed by atoms with Crippen molar-refractivity contribution < 1.29 is 22.2 Å². The van der Waals surface area contributed by atoms with Gasteiger partial charge in [-0.3, -0.25) is 9.52 Å². The number of nitrogens with one attached hydrogen (secondary N) is 2. The minimum Gasteiger partial charge on any atom is -0.461 e. The van der Waals surface area contributed by atoms with Crippen LogP contribution in [-0.4, -0.2) is 30.2 Å². The van der Waals surface area contributed by atoms with Crippen molar-refractivity contribution in [2.75, 3.05) is 15.8 Å². The first kappa shape index (κ1) is 18.6. The summed E-state index contributed by atoms with van der Waals surface area (Å²) in [7, 11) is -3.33. The van der Waals surface area contributed by atoms with E-state index >= 15 is 0 Å². The minimum absolute atomic E-state index is 0.0111. The second kappa shape index (κ2) is 8.04. The number of rotatable bonds is 8. The average Bonchev–Trinajstić information content (AvgIpc) is 3.33. The van der Waals surface area contributed by atoms with Gasteiger partial charge in [-0.05, 0) is 43.3 Å². The molecule has 0 fully saturated rings. The third-order valence-corrected chi connectivity index (χ3v) is 4.90. The topological polar surface area (TPSA) is 127 Å². The maximum Gasteiger partial charge on any atom is 0.238 e. The number of amides is 1. The lowest BCUT2D eigenvalue weighted by molar-refractivity contribution is -0.116. The predicted octanol–water partition coefficient (Wildman–Crippen LogP) is 2.66. The standard InChI is InChI=1S/C17H18N4O5S/c1-2-27(23,24)21-13-7-5-12(6-8-13)18-15(22)9-10-16-19-17(20-26-16)14-4-3-11-25-14/h3-8,11,21H,2,9-10H2,1H3,(H,18,22). The van der Waals surface area contributed by atoms with Crippen molar-refractivity contribution >= 4 is 27.3 Å². The highest BCUT2D eigenvalue weighted by atomic mass is 32.2. The van der Waals surface area contributed by atoms with Crippen LogP contribution in [0.4, 0.5) is 11.4 Å². The Morgan fingerprint density at radius 2 is 1.89 bits per heavy atom. The molecular weight excluding hydrogens is 372 g/mol. The van der Waals surface area contributed by atoms with Crippen LogP contribution in [-0.2, 0) is 21.2 Å². The molecule has 1 aromatic carbocycles. The summed E-state index contributed by atoms with van der Waals surface area (Å²) in [5.41, 5.74) is 0.993. The highest BCUT2D eigenvalue weighted by Crippen LogP contribution is 2.17. The van der Waals surface area contributed by atoms with Gasteiger partial charge < -0.3 is 14.3 Å². The Morgan fingerprint density at radius 3 is 2.56 bits per heavy atom. The van der Waals surface area contributed by atoms with Crippen molar-refractivity contribution in [1.29, 1.82) is 0 Å². The number of anilines is 2. The predicted molar refractivity (Wildman–Crippen MR) is 98.5 cm³/mol. The molecule has 0 radical (unpaired) electrons. The van der Waals surface area contributed by atoms with Crippen molar-refractivity contribution in [3.8, 4) is 11.6 Å². The summed E-state index contributed by atoms with van der Waals surface area (Å²) in [6.07, 6.45) is 1.95. The molecule has 10 heteroatoms. The number of nitrogens with zero attached hydrogens (tertiary/aromatic N) is 2. The number of aromatic nitrogens is 2. The Bertz CT molecular complexity index is 994. The SMILES string of the molecule is CCS(=O)(=O)Nc1ccc(NC(=O)CCc2nc(-c3ccco3)no2)cc1. The van der Waals surface area contributed by atoms with E-state index in [1.54, 1.807) is 43.3 Å². The van der Waals surface area contributed by atoms with Gasteiger partial charge in [-0.2, -0.15) is 4.98 Å². The van der Waals surface area contributed by atoms with E-state index in [0.29, 0.717) is 28.9 Å². The number of hydrogen-bond donors (Lipinski definition) is 2. The van der Waals surface area contributed by atoms with Gasteiger partial charge in [-0.25, -0.2) is 8.42 Å². The molecule has 1 amide bonds. The van der Waals surface area contributed by atoms with E-state index in [9.17, 15) is 13.2 Å². The van der Waals surface area contributed by atoms with Gasteiger partial charge in [-0.1, -0.05) is 5.16 Å². The molecule has 0 unspecified atom stereocenters. The molecule has 2 N–H and O–H groups in total. The number of carbonyl (C=O) groups excluding carboxylic acids is 1. The van der Waals surface area contributed by atoms with E-state index < -0.39 is 10.0 Å². The van der Waals surface area contributed by atoms with Gasteiger partial charge in [0.15, 0.2) is 5.76 Å². The van der Waals surface area contributed by atoms with Crippen molar-refractivity contribution in [3.63, 3.8) is 0 Å². The second-order valence-electron chi connectivity index (χ2n) is 5.62. The number of hydrogen-bond acceptors (Lipinski definition) is 7. The molecule has 0 bridgehead atoms. The van der Waals surface area contributed by atoms with Crippen LogP contribution in [0.2, 0.25) is 0 Å². The fourth-order valence-electron chi connectivity index (χ4n) is 2.18. The number of aryl methyl sites for hydroxylation is 1. The van der Waals surface area contributed by atoms with Crippen molar-refractivity contribution in [3.05, 3.63) is 48.6 Å². The lowest BCUT2D eigenvalue weighted by atomic mass is 10.2. The van der Waals surface area contributed by atoms with Crippen LogP contribution in [0, 0.1) is 0 Å². The molecular formula is C17H18N4O5S. The summed E-state index contributed by atoms with van der Waals surface area (Å²) < 4.78 is 35.7. The molecule has 2 heterocycles. The van der Waals surface area contributed by atoms with Gasteiger partial charge >= 0.3 is 0 Å². The number of benzene rings is 1. The molecule has 2 aromatic heterocycles. The van der Waals surface area contributed by atoms with Gasteiger partial charge in [0.25, 0.3) is 0 Å². The molecule has 0 atom stereocenters. The maximum atomic E-state index is 12.1. The summed E-state index contributed by atoms with van der Waals surface area (Å²) in [6.45, 7) is 1.55. The lowest BCUT2D eigenvalue weighted by Gasteiger charge is -2.08. The van der Waals surface area contributed by atoms with Gasteiger partial charge in [0.2, 0.25) is 27.6 Å². The normalized spacial score (nSPS) is 11.3. The van der Waals surface area contributed by atoms with Crippen LogP contribution >= 0.6 is 0 Å². The monoisotopic (exact) mass is 390 g/mol. The minimum atomic E-state index is -3.33. The lowest BCUT2D eigenvalue weighted by Crippen LogP contribution is -2.15. The smallest absolute Gasteiger partial charge is 0.238 e. The molecule has 3 aromatic rings. The van der Waals surface area contributed by atoms with Crippen LogP contribution in [0.3, 0.4) is 0 Å². The quantitative estimate of drug-likeness (QED) is 0.605. The molecule has 0 aliphatic rings. The zero-order valence-electron chi connectivity index (χ0n) is 14.5. The van der Waals surface area contributed by atoms with E-state index in [0.717, 1.165) is 0 Å². The third-order valence-electron chi connectivity index (χ3n) is 3.60. The molecule has 3 rings (SSSR count). The summed E-state index contributed by atoms with van der Waals surface area (Å²) >= 11 is 0. The Kier molecular flexibility index (Phi) is 5.55. The van der Waals surface area contributed by atoms with Crippen molar-refractivity contribution in [2.24, 2.45) is 0 Å². The highest BCUT2D eigenvalue weighted by molar-refractivity contribution is 7.92. The first-order chi connectivity index (χ1) is 12.9. The average molecular weight is 390 g/mol. The zero-order valence-corrected chi connectivity index (χ0v) is 15.3. The molecule has 27 heavy (non-hydrogen) atoms.